The molecule has 1 fully saturated rings. The minimum Gasteiger partial charge on any atom is -0.461 e. The van der Waals surface area contributed by atoms with Crippen LogP contribution in [0.3, 0.4) is 0 Å². The average Bonchev–Trinajstić information content (AvgIpc) is 2.26. The highest BCUT2D eigenvalue weighted by atomic mass is 16.5. The number of hydrogen-bond donors (Lipinski definition) is 1. The van der Waals surface area contributed by atoms with E-state index < -0.39 is 0 Å². The summed E-state index contributed by atoms with van der Waals surface area (Å²) in [7, 11) is 0. The maximum atomic E-state index is 11.4. The van der Waals surface area contributed by atoms with Crippen molar-refractivity contribution in [2.75, 3.05) is 0 Å². The number of hydrogen-bond acceptors (Lipinski definition) is 3. The first-order chi connectivity index (χ1) is 7.74. The zero-order valence-corrected chi connectivity index (χ0v) is 8.81. The molecular weight excluding hydrogens is 206 g/mol. The highest BCUT2D eigenvalue weighted by molar-refractivity contribution is 5.85. The molecule has 1 heterocycles. The molecule has 0 aliphatic carbocycles. The molecular formula is C12H13NO3. The Morgan fingerprint density at radius 1 is 1.38 bits per heavy atom. The van der Waals surface area contributed by atoms with Gasteiger partial charge in [0, 0.05) is 12.5 Å². The monoisotopic (exact) mass is 219 g/mol. The summed E-state index contributed by atoms with van der Waals surface area (Å²) in [5.41, 5.74) is 0.966. The normalized spacial score (nSPS) is 18.5. The van der Waals surface area contributed by atoms with Crippen molar-refractivity contribution in [1.29, 1.82) is 0 Å². The van der Waals surface area contributed by atoms with E-state index in [4.69, 9.17) is 4.74 Å². The van der Waals surface area contributed by atoms with Crippen molar-refractivity contribution in [3.63, 3.8) is 0 Å². The van der Waals surface area contributed by atoms with Crippen molar-refractivity contribution in [2.45, 2.75) is 25.5 Å². The van der Waals surface area contributed by atoms with Crippen LogP contribution in [-0.2, 0) is 20.9 Å². The Morgan fingerprint density at radius 2 is 2.06 bits per heavy atom. The lowest BCUT2D eigenvalue weighted by atomic mass is 10.0. The van der Waals surface area contributed by atoms with E-state index in [1.54, 1.807) is 0 Å². The molecule has 0 aromatic heterocycles. The third-order valence-electron chi connectivity index (χ3n) is 2.45. The quantitative estimate of drug-likeness (QED) is 0.607. The van der Waals surface area contributed by atoms with Crippen LogP contribution in [-0.4, -0.2) is 17.9 Å². The number of β-lactam (4-membered cyclic amide) rings is 1. The zero-order valence-electron chi connectivity index (χ0n) is 8.81. The van der Waals surface area contributed by atoms with E-state index in [9.17, 15) is 9.59 Å². The van der Waals surface area contributed by atoms with Gasteiger partial charge >= 0.3 is 5.97 Å². The summed E-state index contributed by atoms with van der Waals surface area (Å²) in [6.45, 7) is 0.292. The summed E-state index contributed by atoms with van der Waals surface area (Å²) >= 11 is 0. The first-order valence-electron chi connectivity index (χ1n) is 5.23. The van der Waals surface area contributed by atoms with E-state index in [0.29, 0.717) is 13.0 Å². The average molecular weight is 219 g/mol. The first kappa shape index (κ1) is 10.7. The third-order valence-corrected chi connectivity index (χ3v) is 2.45. The van der Waals surface area contributed by atoms with Crippen molar-refractivity contribution >= 4 is 11.9 Å². The summed E-state index contributed by atoms with van der Waals surface area (Å²) in [5, 5.41) is 2.63. The van der Waals surface area contributed by atoms with Gasteiger partial charge in [-0.2, -0.15) is 0 Å². The molecule has 0 bridgehead atoms. The van der Waals surface area contributed by atoms with Gasteiger partial charge in [0.25, 0.3) is 0 Å². The predicted octanol–water partition coefficient (Wildman–Crippen LogP) is 1.01. The fourth-order valence-corrected chi connectivity index (χ4v) is 1.55. The number of amides is 1. The number of carbonyl (C=O) groups is 2. The van der Waals surface area contributed by atoms with Gasteiger partial charge in [-0.3, -0.25) is 9.59 Å². The number of esters is 1. The molecule has 1 aromatic rings. The Labute approximate surface area is 93.6 Å². The van der Waals surface area contributed by atoms with Crippen molar-refractivity contribution in [3.8, 4) is 0 Å². The molecule has 1 atom stereocenters. The fourth-order valence-electron chi connectivity index (χ4n) is 1.55. The lowest BCUT2D eigenvalue weighted by molar-refractivity contribution is -0.146. The SMILES string of the molecule is O=C1CC(CC(=O)OCc2ccccc2)N1. The Balaban J connectivity index is 1.70. The van der Waals surface area contributed by atoms with Gasteiger partial charge in [-0.25, -0.2) is 0 Å². The molecule has 0 radical (unpaired) electrons. The van der Waals surface area contributed by atoms with E-state index in [1.807, 2.05) is 30.3 Å². The number of rotatable bonds is 4. The van der Waals surface area contributed by atoms with Crippen LogP contribution < -0.4 is 5.32 Å². The predicted molar refractivity (Wildman–Crippen MR) is 57.4 cm³/mol. The minimum atomic E-state index is -0.270. The van der Waals surface area contributed by atoms with Crippen molar-refractivity contribution in [1.82, 2.24) is 5.32 Å². The van der Waals surface area contributed by atoms with Crippen molar-refractivity contribution < 1.29 is 14.3 Å². The van der Waals surface area contributed by atoms with Crippen LogP contribution in [0.25, 0.3) is 0 Å². The lowest BCUT2D eigenvalue weighted by Gasteiger charge is -2.25. The Bertz CT molecular complexity index is 381. The Kier molecular flexibility index (Phi) is 3.19. The van der Waals surface area contributed by atoms with Gasteiger partial charge < -0.3 is 10.1 Å². The Morgan fingerprint density at radius 3 is 2.69 bits per heavy atom. The minimum absolute atomic E-state index is 0.000796. The molecule has 84 valence electrons. The van der Waals surface area contributed by atoms with Gasteiger partial charge in [0.15, 0.2) is 0 Å². The van der Waals surface area contributed by atoms with Crippen LogP contribution in [0.1, 0.15) is 18.4 Å². The van der Waals surface area contributed by atoms with E-state index in [-0.39, 0.29) is 24.3 Å². The summed E-state index contributed by atoms with van der Waals surface area (Å²) in [6.07, 6.45) is 0.693. The molecule has 0 spiro atoms. The number of ether oxygens (including phenoxy) is 1. The molecule has 1 N–H and O–H groups in total. The summed E-state index contributed by atoms with van der Waals surface area (Å²) in [5.74, 6) is -0.269. The van der Waals surface area contributed by atoms with Crippen molar-refractivity contribution in [2.24, 2.45) is 0 Å². The van der Waals surface area contributed by atoms with Gasteiger partial charge in [-0.15, -0.1) is 0 Å². The topological polar surface area (TPSA) is 55.4 Å². The molecule has 4 nitrogen and oxygen atoms in total. The van der Waals surface area contributed by atoms with Gasteiger partial charge in [0.2, 0.25) is 5.91 Å². The van der Waals surface area contributed by atoms with Crippen LogP contribution in [0.15, 0.2) is 30.3 Å². The molecule has 1 aliphatic rings. The maximum absolute atomic E-state index is 11.4. The third kappa shape index (κ3) is 2.82. The second kappa shape index (κ2) is 4.79. The van der Waals surface area contributed by atoms with Crippen LogP contribution in [0, 0.1) is 0 Å². The maximum Gasteiger partial charge on any atom is 0.308 e. The van der Waals surface area contributed by atoms with Gasteiger partial charge in [0.1, 0.15) is 6.61 Å². The first-order valence-corrected chi connectivity index (χ1v) is 5.23. The molecule has 4 heteroatoms. The number of benzene rings is 1. The van der Waals surface area contributed by atoms with E-state index >= 15 is 0 Å². The van der Waals surface area contributed by atoms with Gasteiger partial charge in [0.05, 0.1) is 6.42 Å². The smallest absolute Gasteiger partial charge is 0.308 e. The van der Waals surface area contributed by atoms with Gasteiger partial charge in [-0.1, -0.05) is 30.3 Å². The summed E-state index contributed by atoms with van der Waals surface area (Å²) in [6, 6.07) is 9.48. The second-order valence-electron chi connectivity index (χ2n) is 3.82. The molecule has 1 unspecified atom stereocenters. The van der Waals surface area contributed by atoms with Crippen LogP contribution >= 0.6 is 0 Å². The molecule has 16 heavy (non-hydrogen) atoms. The standard InChI is InChI=1S/C12H13NO3/c14-11-6-10(13-11)7-12(15)16-8-9-4-2-1-3-5-9/h1-5,10H,6-8H2,(H,13,14). The Hall–Kier alpha value is -1.84. The van der Waals surface area contributed by atoms with Crippen molar-refractivity contribution in [3.05, 3.63) is 35.9 Å². The largest absolute Gasteiger partial charge is 0.461 e. The van der Waals surface area contributed by atoms with E-state index in [2.05, 4.69) is 5.32 Å². The van der Waals surface area contributed by atoms with Gasteiger partial charge in [-0.05, 0) is 5.56 Å². The zero-order chi connectivity index (χ0) is 11.4. The summed E-state index contributed by atoms with van der Waals surface area (Å²) < 4.78 is 5.08. The lowest BCUT2D eigenvalue weighted by Crippen LogP contribution is -2.49. The van der Waals surface area contributed by atoms with E-state index in [0.717, 1.165) is 5.56 Å². The molecule has 1 amide bonds. The fraction of sp³-hybridized carbons (Fsp3) is 0.333. The highest BCUT2D eigenvalue weighted by Gasteiger charge is 2.27. The van der Waals surface area contributed by atoms with E-state index in [1.165, 1.54) is 0 Å². The number of nitrogens with one attached hydrogen (secondary N) is 1. The molecule has 0 saturated carbocycles. The number of carbonyl (C=O) groups excluding carboxylic acids is 2. The molecule has 1 aromatic carbocycles. The highest BCUT2D eigenvalue weighted by Crippen LogP contribution is 2.10. The molecule has 1 aliphatic heterocycles. The molecule has 2 rings (SSSR count). The summed E-state index contributed by atoms with van der Waals surface area (Å²) in [4.78, 5) is 22.0. The van der Waals surface area contributed by atoms with Crippen LogP contribution in [0.4, 0.5) is 0 Å². The van der Waals surface area contributed by atoms with Crippen LogP contribution in [0.2, 0.25) is 0 Å². The van der Waals surface area contributed by atoms with Crippen LogP contribution in [0.5, 0.6) is 0 Å². The second-order valence-corrected chi connectivity index (χ2v) is 3.82. The molecule has 1 saturated heterocycles.